The summed E-state index contributed by atoms with van der Waals surface area (Å²) in [5.41, 5.74) is 0.599. The summed E-state index contributed by atoms with van der Waals surface area (Å²) in [6.07, 6.45) is 0. The van der Waals surface area contributed by atoms with E-state index < -0.39 is 0 Å². The Bertz CT molecular complexity index is 624. The molecule has 2 rings (SSSR count). The lowest BCUT2D eigenvalue weighted by molar-refractivity contribution is 0.205. The van der Waals surface area contributed by atoms with Gasteiger partial charge >= 0.3 is 0 Å². The minimum atomic E-state index is 0.344. The van der Waals surface area contributed by atoms with Gasteiger partial charge in [-0.05, 0) is 36.4 Å². The highest BCUT2D eigenvalue weighted by Gasteiger charge is 2.10. The SMILES string of the molecule is COc1cccc(OC)c1OCCOc1ccc(C#N)cc1. The van der Waals surface area contributed by atoms with Crippen LogP contribution in [0.4, 0.5) is 0 Å². The number of nitrogens with zero attached hydrogens (tertiary/aromatic N) is 1. The zero-order valence-corrected chi connectivity index (χ0v) is 12.5. The number of hydrogen-bond donors (Lipinski definition) is 0. The molecule has 2 aromatic carbocycles. The van der Waals surface area contributed by atoms with E-state index in [9.17, 15) is 0 Å². The molecule has 0 atom stereocenters. The quantitative estimate of drug-likeness (QED) is 0.735. The van der Waals surface area contributed by atoms with Gasteiger partial charge in [-0.3, -0.25) is 0 Å². The van der Waals surface area contributed by atoms with Gasteiger partial charge in [0.2, 0.25) is 5.75 Å². The van der Waals surface area contributed by atoms with Crippen LogP contribution in [0.5, 0.6) is 23.0 Å². The first-order valence-corrected chi connectivity index (χ1v) is 6.75. The van der Waals surface area contributed by atoms with Crippen LogP contribution < -0.4 is 18.9 Å². The van der Waals surface area contributed by atoms with Crippen molar-refractivity contribution in [3.63, 3.8) is 0 Å². The van der Waals surface area contributed by atoms with Gasteiger partial charge in [0.05, 0.1) is 25.9 Å². The summed E-state index contributed by atoms with van der Waals surface area (Å²) < 4.78 is 21.8. The topological polar surface area (TPSA) is 60.7 Å². The van der Waals surface area contributed by atoms with Crippen molar-refractivity contribution in [1.82, 2.24) is 0 Å². The molecule has 0 unspecified atom stereocenters. The lowest BCUT2D eigenvalue weighted by Gasteiger charge is -2.14. The molecule has 22 heavy (non-hydrogen) atoms. The van der Waals surface area contributed by atoms with Crippen LogP contribution in [-0.2, 0) is 0 Å². The summed E-state index contributed by atoms with van der Waals surface area (Å²) in [6.45, 7) is 0.712. The molecule has 0 aromatic heterocycles. The van der Waals surface area contributed by atoms with Crippen molar-refractivity contribution in [1.29, 1.82) is 5.26 Å². The third-order valence-corrected chi connectivity index (χ3v) is 2.96. The molecule has 5 heteroatoms. The number of benzene rings is 2. The molecular weight excluding hydrogens is 282 g/mol. The van der Waals surface area contributed by atoms with Crippen molar-refractivity contribution in [2.45, 2.75) is 0 Å². The summed E-state index contributed by atoms with van der Waals surface area (Å²) in [5, 5.41) is 8.73. The molecular formula is C17H17NO4. The van der Waals surface area contributed by atoms with E-state index in [-0.39, 0.29) is 0 Å². The van der Waals surface area contributed by atoms with Gasteiger partial charge in [0.15, 0.2) is 11.5 Å². The highest BCUT2D eigenvalue weighted by molar-refractivity contribution is 5.51. The van der Waals surface area contributed by atoms with E-state index in [1.807, 2.05) is 6.07 Å². The normalized spacial score (nSPS) is 9.68. The Hall–Kier alpha value is -2.87. The third kappa shape index (κ3) is 3.83. The van der Waals surface area contributed by atoms with Crippen molar-refractivity contribution < 1.29 is 18.9 Å². The molecule has 0 saturated carbocycles. The van der Waals surface area contributed by atoms with Gasteiger partial charge in [-0.25, -0.2) is 0 Å². The average molecular weight is 299 g/mol. The highest BCUT2D eigenvalue weighted by atomic mass is 16.6. The van der Waals surface area contributed by atoms with Gasteiger partial charge in [-0.15, -0.1) is 0 Å². The summed E-state index contributed by atoms with van der Waals surface area (Å²) >= 11 is 0. The Balaban J connectivity index is 1.90. The van der Waals surface area contributed by atoms with E-state index >= 15 is 0 Å². The first-order valence-electron chi connectivity index (χ1n) is 6.75. The van der Waals surface area contributed by atoms with Crippen LogP contribution in [0, 0.1) is 11.3 Å². The molecule has 0 aliphatic heterocycles. The lowest BCUT2D eigenvalue weighted by atomic mass is 10.2. The van der Waals surface area contributed by atoms with Crippen LogP contribution in [0.2, 0.25) is 0 Å². The number of nitriles is 1. The molecule has 0 fully saturated rings. The van der Waals surface area contributed by atoms with Gasteiger partial charge in [0.25, 0.3) is 0 Å². The maximum Gasteiger partial charge on any atom is 0.203 e. The molecule has 0 aliphatic carbocycles. The zero-order chi connectivity index (χ0) is 15.8. The van der Waals surface area contributed by atoms with Crippen molar-refractivity contribution in [2.75, 3.05) is 27.4 Å². The Labute approximate surface area is 129 Å². The van der Waals surface area contributed by atoms with Crippen molar-refractivity contribution >= 4 is 0 Å². The van der Waals surface area contributed by atoms with E-state index in [2.05, 4.69) is 6.07 Å². The second-order valence-corrected chi connectivity index (χ2v) is 4.32. The van der Waals surface area contributed by atoms with Gasteiger partial charge in [0, 0.05) is 0 Å². The first-order chi connectivity index (χ1) is 10.8. The van der Waals surface area contributed by atoms with Gasteiger partial charge in [-0.2, -0.15) is 5.26 Å². The van der Waals surface area contributed by atoms with Gasteiger partial charge in [-0.1, -0.05) is 6.07 Å². The smallest absolute Gasteiger partial charge is 0.203 e. The van der Waals surface area contributed by atoms with E-state index in [0.29, 0.717) is 41.8 Å². The minimum Gasteiger partial charge on any atom is -0.493 e. The molecule has 0 spiro atoms. The fourth-order valence-electron chi connectivity index (χ4n) is 1.89. The Kier molecular flexibility index (Phi) is 5.50. The Morgan fingerprint density at radius 2 is 1.45 bits per heavy atom. The molecule has 0 N–H and O–H groups in total. The lowest BCUT2D eigenvalue weighted by Crippen LogP contribution is -2.10. The molecule has 0 amide bonds. The standard InChI is InChI=1S/C17H17NO4/c1-19-15-4-3-5-16(20-2)17(15)22-11-10-21-14-8-6-13(12-18)7-9-14/h3-9H,10-11H2,1-2H3. The van der Waals surface area contributed by atoms with Crippen LogP contribution in [0.25, 0.3) is 0 Å². The summed E-state index contributed by atoms with van der Waals surface area (Å²) in [6, 6.07) is 14.4. The highest BCUT2D eigenvalue weighted by Crippen LogP contribution is 2.36. The van der Waals surface area contributed by atoms with E-state index in [1.54, 1.807) is 50.6 Å². The number of ether oxygens (including phenoxy) is 4. The van der Waals surface area contributed by atoms with Crippen LogP contribution in [0.3, 0.4) is 0 Å². The fourth-order valence-corrected chi connectivity index (χ4v) is 1.89. The summed E-state index contributed by atoms with van der Waals surface area (Å²) in [4.78, 5) is 0. The second kappa shape index (κ2) is 7.79. The monoisotopic (exact) mass is 299 g/mol. The maximum atomic E-state index is 8.73. The molecule has 0 saturated heterocycles. The largest absolute Gasteiger partial charge is 0.493 e. The van der Waals surface area contributed by atoms with Crippen molar-refractivity contribution in [3.8, 4) is 29.1 Å². The number of methoxy groups -OCH3 is 2. The van der Waals surface area contributed by atoms with Crippen LogP contribution >= 0.6 is 0 Å². The minimum absolute atomic E-state index is 0.344. The summed E-state index contributed by atoms with van der Waals surface area (Å²) in [7, 11) is 3.16. The average Bonchev–Trinajstić information content (AvgIpc) is 2.59. The zero-order valence-electron chi connectivity index (χ0n) is 12.5. The molecule has 0 bridgehead atoms. The molecule has 0 aliphatic rings. The predicted octanol–water partition coefficient (Wildman–Crippen LogP) is 3.03. The predicted molar refractivity (Wildman–Crippen MR) is 81.7 cm³/mol. The third-order valence-electron chi connectivity index (χ3n) is 2.96. The van der Waals surface area contributed by atoms with E-state index in [0.717, 1.165) is 0 Å². The van der Waals surface area contributed by atoms with Crippen LogP contribution in [-0.4, -0.2) is 27.4 Å². The van der Waals surface area contributed by atoms with E-state index in [4.69, 9.17) is 24.2 Å². The Morgan fingerprint density at radius 3 is 2.00 bits per heavy atom. The second-order valence-electron chi connectivity index (χ2n) is 4.32. The number of rotatable bonds is 7. The summed E-state index contributed by atoms with van der Waals surface area (Å²) in [5.74, 6) is 2.46. The van der Waals surface area contributed by atoms with Crippen LogP contribution in [0.15, 0.2) is 42.5 Å². The molecule has 0 heterocycles. The first kappa shape index (κ1) is 15.5. The fraction of sp³-hybridized carbons (Fsp3) is 0.235. The number of para-hydroxylation sites is 1. The van der Waals surface area contributed by atoms with Crippen molar-refractivity contribution in [2.24, 2.45) is 0 Å². The maximum absolute atomic E-state index is 8.73. The molecule has 2 aromatic rings. The van der Waals surface area contributed by atoms with Crippen LogP contribution in [0.1, 0.15) is 5.56 Å². The molecule has 114 valence electrons. The van der Waals surface area contributed by atoms with E-state index in [1.165, 1.54) is 0 Å². The number of hydrogen-bond acceptors (Lipinski definition) is 5. The molecule has 0 radical (unpaired) electrons. The van der Waals surface area contributed by atoms with Gasteiger partial charge in [0.1, 0.15) is 19.0 Å². The molecule has 5 nitrogen and oxygen atoms in total. The Morgan fingerprint density at radius 1 is 0.864 bits per heavy atom. The van der Waals surface area contributed by atoms with Gasteiger partial charge < -0.3 is 18.9 Å². The van der Waals surface area contributed by atoms with Crippen molar-refractivity contribution in [3.05, 3.63) is 48.0 Å².